The Labute approximate surface area is 98.6 Å². The highest BCUT2D eigenvalue weighted by molar-refractivity contribution is 5.77. The van der Waals surface area contributed by atoms with Crippen LogP contribution in [0.3, 0.4) is 0 Å². The molecule has 2 saturated heterocycles. The largest absolute Gasteiger partial charge is 0.342 e. The van der Waals surface area contributed by atoms with Gasteiger partial charge in [-0.25, -0.2) is 0 Å². The Bertz CT molecular complexity index is 238. The number of rotatable bonds is 2. The molecule has 2 aliphatic rings. The minimum absolute atomic E-state index is 0.359. The molecule has 2 heterocycles. The Balaban J connectivity index is 1.83. The summed E-state index contributed by atoms with van der Waals surface area (Å²) >= 11 is 0. The molecule has 2 fully saturated rings. The molecule has 0 aromatic heterocycles. The topological polar surface area (TPSA) is 32.3 Å². The first-order valence-corrected chi connectivity index (χ1v) is 6.66. The molecular weight excluding hydrogens is 200 g/mol. The van der Waals surface area contributed by atoms with Gasteiger partial charge in [-0.15, -0.1) is 0 Å². The van der Waals surface area contributed by atoms with E-state index in [1.807, 2.05) is 0 Å². The van der Waals surface area contributed by atoms with Crippen molar-refractivity contribution < 1.29 is 4.79 Å². The second-order valence-electron chi connectivity index (χ2n) is 5.74. The third-order valence-electron chi connectivity index (χ3n) is 3.80. The predicted octanol–water partition coefficient (Wildman–Crippen LogP) is 1.63. The van der Waals surface area contributed by atoms with Crippen molar-refractivity contribution in [3.05, 3.63) is 0 Å². The Kier molecular flexibility index (Phi) is 3.85. The SMILES string of the molecule is CC1CC(C)CN(C(=O)CC2CCCN2)C1. The Morgan fingerprint density at radius 3 is 2.56 bits per heavy atom. The average molecular weight is 224 g/mol. The number of hydrogen-bond donors (Lipinski definition) is 1. The van der Waals surface area contributed by atoms with Crippen LogP contribution in [-0.2, 0) is 4.79 Å². The maximum Gasteiger partial charge on any atom is 0.224 e. The van der Waals surface area contributed by atoms with Gasteiger partial charge in [0.05, 0.1) is 0 Å². The zero-order chi connectivity index (χ0) is 11.5. The molecule has 0 aliphatic carbocycles. The fourth-order valence-electron chi connectivity index (χ4n) is 3.14. The van der Waals surface area contributed by atoms with Gasteiger partial charge in [0.25, 0.3) is 0 Å². The van der Waals surface area contributed by atoms with Gasteiger partial charge in [-0.1, -0.05) is 13.8 Å². The van der Waals surface area contributed by atoms with Crippen LogP contribution < -0.4 is 5.32 Å². The number of nitrogens with zero attached hydrogens (tertiary/aromatic N) is 1. The van der Waals surface area contributed by atoms with Crippen LogP contribution in [0.1, 0.15) is 39.5 Å². The maximum absolute atomic E-state index is 12.1. The summed E-state index contributed by atoms with van der Waals surface area (Å²) in [7, 11) is 0. The van der Waals surface area contributed by atoms with E-state index < -0.39 is 0 Å². The molecule has 92 valence electrons. The number of hydrogen-bond acceptors (Lipinski definition) is 2. The monoisotopic (exact) mass is 224 g/mol. The molecule has 0 saturated carbocycles. The first-order chi connectivity index (χ1) is 7.65. The highest BCUT2D eigenvalue weighted by Gasteiger charge is 2.27. The summed E-state index contributed by atoms with van der Waals surface area (Å²) < 4.78 is 0. The minimum atomic E-state index is 0.359. The van der Waals surface area contributed by atoms with Crippen molar-refractivity contribution in [2.75, 3.05) is 19.6 Å². The average Bonchev–Trinajstić information content (AvgIpc) is 2.68. The number of piperidine rings is 1. The predicted molar refractivity (Wildman–Crippen MR) is 65.2 cm³/mol. The van der Waals surface area contributed by atoms with Crippen molar-refractivity contribution in [1.82, 2.24) is 10.2 Å². The Morgan fingerprint density at radius 1 is 1.31 bits per heavy atom. The van der Waals surface area contributed by atoms with Crippen LogP contribution in [-0.4, -0.2) is 36.5 Å². The standard InChI is InChI=1S/C13H24N2O/c1-10-6-11(2)9-15(8-10)13(16)7-12-4-3-5-14-12/h10-12,14H,3-9H2,1-2H3. The van der Waals surface area contributed by atoms with Gasteiger partial charge in [-0.2, -0.15) is 0 Å². The molecule has 0 radical (unpaired) electrons. The molecule has 16 heavy (non-hydrogen) atoms. The molecule has 3 atom stereocenters. The van der Waals surface area contributed by atoms with Gasteiger partial charge in [-0.3, -0.25) is 4.79 Å². The number of carbonyl (C=O) groups excluding carboxylic acids is 1. The van der Waals surface area contributed by atoms with Gasteiger partial charge in [0.2, 0.25) is 5.91 Å². The van der Waals surface area contributed by atoms with E-state index in [0.29, 0.717) is 30.2 Å². The lowest BCUT2D eigenvalue weighted by Gasteiger charge is -2.35. The van der Waals surface area contributed by atoms with Crippen LogP contribution in [0.4, 0.5) is 0 Å². The number of likely N-dealkylation sites (tertiary alicyclic amines) is 1. The van der Waals surface area contributed by atoms with E-state index in [1.165, 1.54) is 19.3 Å². The summed E-state index contributed by atoms with van der Waals surface area (Å²) in [6.07, 6.45) is 4.38. The minimum Gasteiger partial charge on any atom is -0.342 e. The summed E-state index contributed by atoms with van der Waals surface area (Å²) in [5, 5.41) is 3.40. The van der Waals surface area contributed by atoms with Crippen LogP contribution >= 0.6 is 0 Å². The molecule has 2 aliphatic heterocycles. The van der Waals surface area contributed by atoms with Crippen LogP contribution in [0.5, 0.6) is 0 Å². The number of carbonyl (C=O) groups is 1. The van der Waals surface area contributed by atoms with Gasteiger partial charge in [0, 0.05) is 25.6 Å². The molecule has 0 bridgehead atoms. The molecule has 2 rings (SSSR count). The Hall–Kier alpha value is -0.570. The van der Waals surface area contributed by atoms with E-state index in [9.17, 15) is 4.79 Å². The van der Waals surface area contributed by atoms with Crippen LogP contribution in [0.15, 0.2) is 0 Å². The second-order valence-corrected chi connectivity index (χ2v) is 5.74. The van der Waals surface area contributed by atoms with E-state index in [4.69, 9.17) is 0 Å². The first-order valence-electron chi connectivity index (χ1n) is 6.66. The highest BCUT2D eigenvalue weighted by Crippen LogP contribution is 2.22. The fourth-order valence-corrected chi connectivity index (χ4v) is 3.14. The smallest absolute Gasteiger partial charge is 0.224 e. The van der Waals surface area contributed by atoms with Crippen molar-refractivity contribution in [2.45, 2.75) is 45.6 Å². The van der Waals surface area contributed by atoms with Gasteiger partial charge in [0.15, 0.2) is 0 Å². The maximum atomic E-state index is 12.1. The summed E-state index contributed by atoms with van der Waals surface area (Å²) in [6, 6.07) is 0.444. The van der Waals surface area contributed by atoms with Crippen LogP contribution in [0.25, 0.3) is 0 Å². The van der Waals surface area contributed by atoms with E-state index in [0.717, 1.165) is 19.6 Å². The van der Waals surface area contributed by atoms with E-state index in [2.05, 4.69) is 24.1 Å². The molecule has 0 spiro atoms. The quantitative estimate of drug-likeness (QED) is 0.773. The zero-order valence-corrected chi connectivity index (χ0v) is 10.5. The molecule has 3 nitrogen and oxygen atoms in total. The molecule has 1 amide bonds. The molecule has 3 heteroatoms. The third-order valence-corrected chi connectivity index (χ3v) is 3.80. The molecule has 0 aromatic carbocycles. The molecule has 0 aromatic rings. The molecule has 3 unspecified atom stereocenters. The van der Waals surface area contributed by atoms with Crippen molar-refractivity contribution in [3.63, 3.8) is 0 Å². The Morgan fingerprint density at radius 2 is 2.00 bits per heavy atom. The van der Waals surface area contributed by atoms with Gasteiger partial charge >= 0.3 is 0 Å². The van der Waals surface area contributed by atoms with Gasteiger partial charge in [-0.05, 0) is 37.6 Å². The lowest BCUT2D eigenvalue weighted by atomic mass is 9.91. The van der Waals surface area contributed by atoms with Gasteiger partial charge in [0.1, 0.15) is 0 Å². The normalized spacial score (nSPS) is 35.4. The van der Waals surface area contributed by atoms with Crippen molar-refractivity contribution in [2.24, 2.45) is 11.8 Å². The van der Waals surface area contributed by atoms with Crippen molar-refractivity contribution in [1.29, 1.82) is 0 Å². The second kappa shape index (κ2) is 5.17. The number of amides is 1. The number of nitrogens with one attached hydrogen (secondary N) is 1. The highest BCUT2D eigenvalue weighted by atomic mass is 16.2. The van der Waals surface area contributed by atoms with E-state index in [-0.39, 0.29) is 0 Å². The van der Waals surface area contributed by atoms with Crippen molar-refractivity contribution in [3.8, 4) is 0 Å². The summed E-state index contributed by atoms with van der Waals surface area (Å²) in [6.45, 7) is 7.53. The summed E-state index contributed by atoms with van der Waals surface area (Å²) in [5.41, 5.74) is 0. The first kappa shape index (κ1) is 11.9. The van der Waals surface area contributed by atoms with Crippen molar-refractivity contribution >= 4 is 5.91 Å². The van der Waals surface area contributed by atoms with Crippen LogP contribution in [0.2, 0.25) is 0 Å². The lowest BCUT2D eigenvalue weighted by Crippen LogP contribution is -2.44. The summed E-state index contributed by atoms with van der Waals surface area (Å²) in [4.78, 5) is 14.2. The summed E-state index contributed by atoms with van der Waals surface area (Å²) in [5.74, 6) is 1.70. The van der Waals surface area contributed by atoms with Gasteiger partial charge < -0.3 is 10.2 Å². The zero-order valence-electron chi connectivity index (χ0n) is 10.5. The lowest BCUT2D eigenvalue weighted by molar-refractivity contribution is -0.134. The van der Waals surface area contributed by atoms with E-state index in [1.54, 1.807) is 0 Å². The fraction of sp³-hybridized carbons (Fsp3) is 0.923. The molecule has 1 N–H and O–H groups in total. The third kappa shape index (κ3) is 2.97. The van der Waals surface area contributed by atoms with Crippen LogP contribution in [0, 0.1) is 11.8 Å². The molecular formula is C13H24N2O. The van der Waals surface area contributed by atoms with E-state index >= 15 is 0 Å².